The summed E-state index contributed by atoms with van der Waals surface area (Å²) in [6, 6.07) is 18.5. The Morgan fingerprint density at radius 3 is 2.41 bits per heavy atom. The predicted octanol–water partition coefficient (Wildman–Crippen LogP) is 4.78. The van der Waals surface area contributed by atoms with E-state index in [0.717, 1.165) is 48.8 Å². The van der Waals surface area contributed by atoms with Gasteiger partial charge in [-0.05, 0) is 48.4 Å². The molecule has 5 nitrogen and oxygen atoms in total. The number of anilines is 3. The van der Waals surface area contributed by atoms with Crippen molar-refractivity contribution in [2.45, 2.75) is 25.8 Å². The van der Waals surface area contributed by atoms with Gasteiger partial charge in [-0.2, -0.15) is 0 Å². The van der Waals surface area contributed by atoms with Gasteiger partial charge < -0.3 is 16.0 Å². The predicted molar refractivity (Wildman–Crippen MR) is 120 cm³/mol. The summed E-state index contributed by atoms with van der Waals surface area (Å²) in [7, 11) is 0. The monoisotopic (exact) mass is 407 g/mol. The molecule has 0 radical (unpaired) electrons. The van der Waals surface area contributed by atoms with E-state index in [-0.39, 0.29) is 0 Å². The van der Waals surface area contributed by atoms with Gasteiger partial charge >= 0.3 is 0 Å². The quantitative estimate of drug-likeness (QED) is 0.615. The molecule has 3 aromatic rings. The van der Waals surface area contributed by atoms with Crippen molar-refractivity contribution < 1.29 is 0 Å². The maximum absolute atomic E-state index is 6.41. The van der Waals surface area contributed by atoms with Gasteiger partial charge in [0.1, 0.15) is 12.0 Å². The number of nitrogens with one attached hydrogen (secondary N) is 1. The Morgan fingerprint density at radius 2 is 1.69 bits per heavy atom. The molecule has 0 unspecified atom stereocenters. The smallest absolute Gasteiger partial charge is 0.157 e. The SMILES string of the molecule is Nc1c(NCc2ccc(Cl)cc2)ncnc1N1CCC(Cc2ccccc2)CC1. The number of aromatic nitrogens is 2. The zero-order chi connectivity index (χ0) is 20.1. The Labute approximate surface area is 176 Å². The van der Waals surface area contributed by atoms with E-state index in [1.54, 1.807) is 6.33 Å². The van der Waals surface area contributed by atoms with Crippen molar-refractivity contribution >= 4 is 28.9 Å². The number of nitrogens with zero attached hydrogens (tertiary/aromatic N) is 3. The lowest BCUT2D eigenvalue weighted by Crippen LogP contribution is -2.35. The number of hydrogen-bond acceptors (Lipinski definition) is 5. The van der Waals surface area contributed by atoms with Gasteiger partial charge in [-0.25, -0.2) is 9.97 Å². The van der Waals surface area contributed by atoms with Gasteiger partial charge in [0.2, 0.25) is 0 Å². The molecule has 2 aromatic carbocycles. The summed E-state index contributed by atoms with van der Waals surface area (Å²) >= 11 is 5.95. The van der Waals surface area contributed by atoms with Crippen LogP contribution >= 0.6 is 11.6 Å². The number of nitrogens with two attached hydrogens (primary N) is 1. The third-order valence-corrected chi connectivity index (χ3v) is 5.77. The molecule has 6 heteroatoms. The van der Waals surface area contributed by atoms with Crippen molar-refractivity contribution in [1.82, 2.24) is 9.97 Å². The molecule has 1 saturated heterocycles. The van der Waals surface area contributed by atoms with Crippen molar-refractivity contribution in [2.75, 3.05) is 29.0 Å². The summed E-state index contributed by atoms with van der Waals surface area (Å²) < 4.78 is 0. The second-order valence-corrected chi connectivity index (χ2v) is 8.00. The highest BCUT2D eigenvalue weighted by Gasteiger charge is 2.23. The summed E-state index contributed by atoms with van der Waals surface area (Å²) in [5, 5.41) is 4.05. The molecule has 29 heavy (non-hydrogen) atoms. The summed E-state index contributed by atoms with van der Waals surface area (Å²) in [5.41, 5.74) is 9.56. The van der Waals surface area contributed by atoms with Gasteiger partial charge in [-0.15, -0.1) is 0 Å². The van der Waals surface area contributed by atoms with E-state index >= 15 is 0 Å². The Balaban J connectivity index is 1.36. The molecule has 0 aliphatic carbocycles. The average molecular weight is 408 g/mol. The summed E-state index contributed by atoms with van der Waals surface area (Å²) in [6.07, 6.45) is 5.02. The van der Waals surface area contributed by atoms with Gasteiger partial charge in [0, 0.05) is 24.7 Å². The molecule has 0 saturated carbocycles. The Kier molecular flexibility index (Phi) is 6.15. The zero-order valence-corrected chi connectivity index (χ0v) is 17.1. The molecular formula is C23H26ClN5. The molecular weight excluding hydrogens is 382 g/mol. The lowest BCUT2D eigenvalue weighted by molar-refractivity contribution is 0.402. The van der Waals surface area contributed by atoms with Crippen molar-refractivity contribution in [3.8, 4) is 0 Å². The highest BCUT2D eigenvalue weighted by atomic mass is 35.5. The first kappa shape index (κ1) is 19.5. The highest BCUT2D eigenvalue weighted by molar-refractivity contribution is 6.30. The molecule has 1 aliphatic heterocycles. The minimum Gasteiger partial charge on any atom is -0.393 e. The fourth-order valence-electron chi connectivity index (χ4n) is 3.86. The van der Waals surface area contributed by atoms with E-state index in [1.807, 2.05) is 24.3 Å². The first-order chi connectivity index (χ1) is 14.2. The Hall–Kier alpha value is -2.79. The van der Waals surface area contributed by atoms with Gasteiger partial charge in [0.25, 0.3) is 0 Å². The van der Waals surface area contributed by atoms with Crippen LogP contribution in [0.3, 0.4) is 0 Å². The van der Waals surface area contributed by atoms with Gasteiger partial charge in [-0.1, -0.05) is 54.1 Å². The molecule has 0 spiro atoms. The zero-order valence-electron chi connectivity index (χ0n) is 16.4. The molecule has 3 N–H and O–H groups in total. The lowest BCUT2D eigenvalue weighted by atomic mass is 9.90. The second kappa shape index (κ2) is 9.14. The minimum atomic E-state index is 0.614. The van der Waals surface area contributed by atoms with E-state index in [9.17, 15) is 0 Å². The van der Waals surface area contributed by atoms with E-state index in [4.69, 9.17) is 17.3 Å². The molecule has 0 amide bonds. The van der Waals surface area contributed by atoms with Crippen LogP contribution in [0.5, 0.6) is 0 Å². The topological polar surface area (TPSA) is 67.1 Å². The van der Waals surface area contributed by atoms with Crippen molar-refractivity contribution in [3.63, 3.8) is 0 Å². The summed E-state index contributed by atoms with van der Waals surface area (Å²) in [4.78, 5) is 11.1. The van der Waals surface area contributed by atoms with Crippen LogP contribution in [0.2, 0.25) is 5.02 Å². The third-order valence-electron chi connectivity index (χ3n) is 5.52. The number of rotatable bonds is 6. The van der Waals surface area contributed by atoms with Crippen LogP contribution in [0, 0.1) is 5.92 Å². The fourth-order valence-corrected chi connectivity index (χ4v) is 3.99. The van der Waals surface area contributed by atoms with Crippen LogP contribution in [-0.4, -0.2) is 23.1 Å². The van der Waals surface area contributed by atoms with Crippen LogP contribution in [0.1, 0.15) is 24.0 Å². The summed E-state index contributed by atoms with van der Waals surface area (Å²) in [5.74, 6) is 2.22. The van der Waals surface area contributed by atoms with E-state index < -0.39 is 0 Å². The molecule has 150 valence electrons. The Morgan fingerprint density at radius 1 is 0.966 bits per heavy atom. The van der Waals surface area contributed by atoms with Crippen LogP contribution in [0.25, 0.3) is 0 Å². The minimum absolute atomic E-state index is 0.614. The first-order valence-corrected chi connectivity index (χ1v) is 10.4. The maximum Gasteiger partial charge on any atom is 0.157 e. The molecule has 4 rings (SSSR count). The van der Waals surface area contributed by atoms with Crippen LogP contribution < -0.4 is 16.0 Å². The van der Waals surface area contributed by atoms with Gasteiger partial charge in [0.05, 0.1) is 0 Å². The van der Waals surface area contributed by atoms with Crippen molar-refractivity contribution in [1.29, 1.82) is 0 Å². The molecule has 1 aromatic heterocycles. The molecule has 2 heterocycles. The van der Waals surface area contributed by atoms with Gasteiger partial charge in [-0.3, -0.25) is 0 Å². The average Bonchev–Trinajstić information content (AvgIpc) is 2.76. The normalized spacial score (nSPS) is 14.7. The number of piperidine rings is 1. The fraction of sp³-hybridized carbons (Fsp3) is 0.304. The van der Waals surface area contributed by atoms with E-state index in [0.29, 0.717) is 24.0 Å². The van der Waals surface area contributed by atoms with Crippen LogP contribution in [-0.2, 0) is 13.0 Å². The number of halogens is 1. The molecule has 0 bridgehead atoms. The lowest BCUT2D eigenvalue weighted by Gasteiger charge is -2.33. The van der Waals surface area contributed by atoms with Gasteiger partial charge in [0.15, 0.2) is 11.6 Å². The van der Waals surface area contributed by atoms with Crippen LogP contribution in [0.4, 0.5) is 17.3 Å². The first-order valence-electron chi connectivity index (χ1n) is 10.1. The number of benzene rings is 2. The maximum atomic E-state index is 6.41. The number of nitrogen functional groups attached to an aromatic ring is 1. The molecule has 1 aliphatic rings. The van der Waals surface area contributed by atoms with Crippen molar-refractivity contribution in [2.24, 2.45) is 5.92 Å². The molecule has 1 fully saturated rings. The molecule has 0 atom stereocenters. The second-order valence-electron chi connectivity index (χ2n) is 7.56. The standard InChI is InChI=1S/C23H26ClN5/c24-20-8-6-19(7-9-20)15-26-22-21(25)23(28-16-27-22)29-12-10-18(11-13-29)14-17-4-2-1-3-5-17/h1-9,16,18H,10-15,25H2,(H,26,27,28). The third kappa shape index (κ3) is 4.98. The van der Waals surface area contributed by atoms with Crippen LogP contribution in [0.15, 0.2) is 60.9 Å². The van der Waals surface area contributed by atoms with E-state index in [2.05, 4.69) is 50.5 Å². The Bertz CT molecular complexity index is 922. The summed E-state index contributed by atoms with van der Waals surface area (Å²) in [6.45, 7) is 2.57. The highest BCUT2D eigenvalue weighted by Crippen LogP contribution is 2.31. The number of hydrogen-bond donors (Lipinski definition) is 2. The van der Waals surface area contributed by atoms with Crippen molar-refractivity contribution in [3.05, 3.63) is 77.1 Å². The van der Waals surface area contributed by atoms with E-state index in [1.165, 1.54) is 5.56 Å². The largest absolute Gasteiger partial charge is 0.393 e.